The van der Waals surface area contributed by atoms with Gasteiger partial charge in [-0.05, 0) is 106 Å². The maximum Gasteiger partial charge on any atom is 0.143 e. The van der Waals surface area contributed by atoms with Crippen molar-refractivity contribution in [2.45, 2.75) is 0 Å². The van der Waals surface area contributed by atoms with Crippen molar-refractivity contribution in [1.82, 2.24) is 0 Å². The predicted molar refractivity (Wildman–Crippen MR) is 201 cm³/mol. The van der Waals surface area contributed by atoms with Gasteiger partial charge in [0.25, 0.3) is 0 Å². The van der Waals surface area contributed by atoms with E-state index in [2.05, 4.69) is 158 Å². The average Bonchev–Trinajstić information content (AvgIpc) is 3.52. The lowest BCUT2D eigenvalue weighted by atomic mass is 9.87. The Kier molecular flexibility index (Phi) is 4.90. The van der Waals surface area contributed by atoms with Crippen molar-refractivity contribution in [3.05, 3.63) is 158 Å². The van der Waals surface area contributed by atoms with Gasteiger partial charge in [-0.15, -0.1) is 0 Å². The van der Waals surface area contributed by atoms with Crippen molar-refractivity contribution in [3.8, 4) is 22.3 Å². The molecule has 0 aliphatic carbocycles. The molecule has 0 fully saturated rings. The highest BCUT2D eigenvalue weighted by atomic mass is 16.3. The summed E-state index contributed by atoms with van der Waals surface area (Å²) in [6.07, 6.45) is 0. The van der Waals surface area contributed by atoms with Gasteiger partial charge in [0.15, 0.2) is 0 Å². The maximum atomic E-state index is 6.87. The van der Waals surface area contributed by atoms with Crippen LogP contribution in [-0.2, 0) is 0 Å². The first-order valence-corrected chi connectivity index (χ1v) is 16.3. The summed E-state index contributed by atoms with van der Waals surface area (Å²) in [4.78, 5) is 0. The minimum Gasteiger partial charge on any atom is -0.455 e. The Morgan fingerprint density at radius 3 is 1.74 bits per heavy atom. The zero-order valence-electron chi connectivity index (χ0n) is 25.4. The molecule has 0 unspecified atom stereocenters. The van der Waals surface area contributed by atoms with Crippen LogP contribution in [0, 0.1) is 0 Å². The van der Waals surface area contributed by atoms with E-state index in [1.807, 2.05) is 0 Å². The Morgan fingerprint density at radius 2 is 0.894 bits per heavy atom. The van der Waals surface area contributed by atoms with Crippen LogP contribution in [0.1, 0.15) is 0 Å². The molecule has 0 bridgehead atoms. The van der Waals surface area contributed by atoms with Crippen LogP contribution in [-0.4, -0.2) is 0 Å². The molecular formula is C46H26O. The van der Waals surface area contributed by atoms with Gasteiger partial charge in [-0.25, -0.2) is 0 Å². The van der Waals surface area contributed by atoms with Gasteiger partial charge in [-0.2, -0.15) is 0 Å². The van der Waals surface area contributed by atoms with E-state index in [0.717, 1.165) is 32.9 Å². The predicted octanol–water partition coefficient (Wildman–Crippen LogP) is 13.3. The van der Waals surface area contributed by atoms with Gasteiger partial charge >= 0.3 is 0 Å². The second-order valence-electron chi connectivity index (χ2n) is 12.9. The molecule has 0 aliphatic heterocycles. The summed E-state index contributed by atoms with van der Waals surface area (Å²) in [6.45, 7) is 0. The van der Waals surface area contributed by atoms with Crippen LogP contribution >= 0.6 is 0 Å². The molecule has 0 aliphatic rings. The lowest BCUT2D eigenvalue weighted by molar-refractivity contribution is 0.673. The average molecular weight is 595 g/mol. The quantitative estimate of drug-likeness (QED) is 0.182. The van der Waals surface area contributed by atoms with Gasteiger partial charge in [-0.1, -0.05) is 133 Å². The first-order valence-electron chi connectivity index (χ1n) is 16.3. The first-order chi connectivity index (χ1) is 23.3. The van der Waals surface area contributed by atoms with Crippen molar-refractivity contribution in [3.63, 3.8) is 0 Å². The number of furan rings is 1. The Balaban J connectivity index is 1.27. The van der Waals surface area contributed by atoms with Crippen molar-refractivity contribution >= 4 is 86.6 Å². The lowest BCUT2D eigenvalue weighted by Crippen LogP contribution is -1.89. The minimum absolute atomic E-state index is 0.910. The highest BCUT2D eigenvalue weighted by Gasteiger charge is 2.20. The van der Waals surface area contributed by atoms with Gasteiger partial charge in [0.05, 0.1) is 0 Å². The lowest BCUT2D eigenvalue weighted by Gasteiger charge is -2.16. The normalized spacial score (nSPS) is 12.3. The molecular weight excluding hydrogens is 569 g/mol. The SMILES string of the molecule is c1ccc2c(c1)ccc1ccc(-c3cc(-c4ccc5ccc6cccc7ccc4c5c67)c4c(c3)oc3c5ccccc5ccc34)cc12. The molecule has 1 nitrogen and oxygen atoms in total. The Labute approximate surface area is 270 Å². The highest BCUT2D eigenvalue weighted by Crippen LogP contribution is 2.46. The highest BCUT2D eigenvalue weighted by molar-refractivity contribution is 6.28. The minimum atomic E-state index is 0.910. The molecule has 11 rings (SSSR count). The molecule has 1 heterocycles. The monoisotopic (exact) mass is 594 g/mol. The van der Waals surface area contributed by atoms with E-state index in [1.54, 1.807) is 0 Å². The molecule has 0 atom stereocenters. The van der Waals surface area contributed by atoms with Crippen LogP contribution in [0.4, 0.5) is 0 Å². The molecule has 11 aromatic rings. The standard InChI is InChI=1S/C46H26O/c1-3-10-35-27(6-1)12-13-29-14-17-33(24-40(29)35)34-25-41(45-39-23-18-28-7-2-4-11-36(28)46(39)47-42(45)26-34)37-21-19-32-16-15-30-8-5-9-31-20-22-38(37)44(32)43(30)31/h1-26H. The van der Waals surface area contributed by atoms with Gasteiger partial charge in [0.1, 0.15) is 11.2 Å². The Morgan fingerprint density at radius 1 is 0.298 bits per heavy atom. The Hall–Kier alpha value is -6.18. The fourth-order valence-corrected chi connectivity index (χ4v) is 8.16. The largest absolute Gasteiger partial charge is 0.455 e. The third-order valence-electron chi connectivity index (χ3n) is 10.4. The number of hydrogen-bond donors (Lipinski definition) is 0. The molecule has 47 heavy (non-hydrogen) atoms. The Bertz CT molecular complexity index is 3050. The van der Waals surface area contributed by atoms with Crippen molar-refractivity contribution < 1.29 is 4.42 Å². The van der Waals surface area contributed by atoms with E-state index in [0.29, 0.717) is 0 Å². The molecule has 0 spiro atoms. The molecule has 1 heteroatoms. The van der Waals surface area contributed by atoms with Crippen LogP contribution in [0.2, 0.25) is 0 Å². The van der Waals surface area contributed by atoms with Crippen LogP contribution in [0.3, 0.4) is 0 Å². The van der Waals surface area contributed by atoms with Crippen LogP contribution in [0.15, 0.2) is 162 Å². The van der Waals surface area contributed by atoms with E-state index >= 15 is 0 Å². The molecule has 0 saturated heterocycles. The molecule has 0 radical (unpaired) electrons. The van der Waals surface area contributed by atoms with Crippen molar-refractivity contribution in [1.29, 1.82) is 0 Å². The van der Waals surface area contributed by atoms with Crippen molar-refractivity contribution in [2.75, 3.05) is 0 Å². The topological polar surface area (TPSA) is 13.1 Å². The number of hydrogen-bond acceptors (Lipinski definition) is 1. The van der Waals surface area contributed by atoms with Gasteiger partial charge in [0, 0.05) is 16.2 Å². The second kappa shape index (κ2) is 9.19. The van der Waals surface area contributed by atoms with E-state index in [-0.39, 0.29) is 0 Å². The molecule has 216 valence electrons. The summed E-state index contributed by atoms with van der Waals surface area (Å²) in [7, 11) is 0. The molecule has 0 saturated carbocycles. The zero-order valence-corrected chi connectivity index (χ0v) is 25.4. The van der Waals surface area contributed by atoms with Crippen molar-refractivity contribution in [2.24, 2.45) is 0 Å². The summed E-state index contributed by atoms with van der Waals surface area (Å²) in [6, 6.07) is 57.9. The van der Waals surface area contributed by atoms with E-state index in [1.165, 1.54) is 75.9 Å². The molecule has 10 aromatic carbocycles. The van der Waals surface area contributed by atoms with E-state index < -0.39 is 0 Å². The summed E-state index contributed by atoms with van der Waals surface area (Å²) >= 11 is 0. The number of benzene rings is 10. The van der Waals surface area contributed by atoms with Crippen LogP contribution < -0.4 is 0 Å². The van der Waals surface area contributed by atoms with Gasteiger partial charge in [-0.3, -0.25) is 0 Å². The second-order valence-corrected chi connectivity index (χ2v) is 12.9. The number of fused-ring (bicyclic) bond motifs is 8. The molecule has 0 N–H and O–H groups in total. The smallest absolute Gasteiger partial charge is 0.143 e. The summed E-state index contributed by atoms with van der Waals surface area (Å²) in [5, 5.41) is 17.4. The zero-order chi connectivity index (χ0) is 30.6. The molecule has 0 amide bonds. The summed E-state index contributed by atoms with van der Waals surface area (Å²) in [5.74, 6) is 0. The van der Waals surface area contributed by atoms with Crippen LogP contribution in [0.5, 0.6) is 0 Å². The third kappa shape index (κ3) is 3.49. The fraction of sp³-hybridized carbons (Fsp3) is 0. The van der Waals surface area contributed by atoms with Crippen LogP contribution in [0.25, 0.3) is 109 Å². The number of rotatable bonds is 2. The van der Waals surface area contributed by atoms with Gasteiger partial charge in [0.2, 0.25) is 0 Å². The van der Waals surface area contributed by atoms with Gasteiger partial charge < -0.3 is 4.42 Å². The maximum absolute atomic E-state index is 6.87. The summed E-state index contributed by atoms with van der Waals surface area (Å²) in [5.41, 5.74) is 6.61. The molecule has 1 aromatic heterocycles. The van der Waals surface area contributed by atoms with E-state index in [4.69, 9.17) is 4.42 Å². The van der Waals surface area contributed by atoms with E-state index in [9.17, 15) is 0 Å². The summed E-state index contributed by atoms with van der Waals surface area (Å²) < 4.78 is 6.87. The first kappa shape index (κ1) is 25.1. The third-order valence-corrected chi connectivity index (χ3v) is 10.4. The fourth-order valence-electron chi connectivity index (χ4n) is 8.16.